The number of carbonyl (C=O) groups is 2. The smallest absolute Gasteiger partial charge is 0.335 e. The monoisotopic (exact) mass is 286 g/mol. The minimum Gasteiger partial charge on any atom is -0.478 e. The second-order valence-electron chi connectivity index (χ2n) is 3.63. The highest BCUT2D eigenvalue weighted by Gasteiger charge is 2.04. The van der Waals surface area contributed by atoms with E-state index in [4.69, 9.17) is 20.4 Å². The Balaban J connectivity index is 0. The Morgan fingerprint density at radius 1 is 0.800 bits per heavy atom. The fraction of sp³-hybridized carbons (Fsp3) is 0.429. The zero-order valence-electron chi connectivity index (χ0n) is 11.7. The first-order valence-corrected chi connectivity index (χ1v) is 6.22. The highest BCUT2D eigenvalue weighted by molar-refractivity contribution is 5.91. The Hall–Kier alpha value is -1.92. The first kappa shape index (κ1) is 20.4. The third-order valence-electron chi connectivity index (χ3n) is 1.83. The first-order valence-electron chi connectivity index (χ1n) is 6.22. The van der Waals surface area contributed by atoms with E-state index >= 15 is 0 Å². The van der Waals surface area contributed by atoms with Crippen LogP contribution in [-0.4, -0.2) is 45.6 Å². The fourth-order valence-corrected chi connectivity index (χ4v) is 0.755. The van der Waals surface area contributed by atoms with Crippen LogP contribution < -0.4 is 0 Å². The Morgan fingerprint density at radius 3 is 1.10 bits per heavy atom. The largest absolute Gasteiger partial charge is 0.478 e. The second kappa shape index (κ2) is 13.5. The Bertz CT molecular complexity index is 331. The van der Waals surface area contributed by atoms with E-state index in [0.29, 0.717) is 13.2 Å². The van der Waals surface area contributed by atoms with Gasteiger partial charge < -0.3 is 20.4 Å². The molecule has 1 aromatic rings. The molecule has 0 bridgehead atoms. The van der Waals surface area contributed by atoms with E-state index in [1.807, 2.05) is 13.8 Å². The minimum atomic E-state index is -1.06. The average Bonchev–Trinajstić information content (AvgIpc) is 2.47. The van der Waals surface area contributed by atoms with Crippen LogP contribution in [0.4, 0.5) is 0 Å². The van der Waals surface area contributed by atoms with Crippen molar-refractivity contribution in [3.8, 4) is 0 Å². The van der Waals surface area contributed by atoms with Crippen LogP contribution in [0, 0.1) is 0 Å². The molecule has 114 valence electrons. The molecule has 4 N–H and O–H groups in total. The van der Waals surface area contributed by atoms with E-state index in [1.54, 1.807) is 0 Å². The third kappa shape index (κ3) is 11.2. The van der Waals surface area contributed by atoms with E-state index < -0.39 is 11.9 Å². The van der Waals surface area contributed by atoms with Crippen molar-refractivity contribution in [2.75, 3.05) is 13.2 Å². The topological polar surface area (TPSA) is 115 Å². The summed E-state index contributed by atoms with van der Waals surface area (Å²) in [5.41, 5.74) is 0.167. The summed E-state index contributed by atoms with van der Waals surface area (Å²) in [6, 6.07) is 5.02. The summed E-state index contributed by atoms with van der Waals surface area (Å²) < 4.78 is 0. The second-order valence-corrected chi connectivity index (χ2v) is 3.63. The molecule has 0 heterocycles. The Kier molecular flexibility index (Phi) is 13.8. The zero-order valence-corrected chi connectivity index (χ0v) is 11.7. The number of benzene rings is 1. The Morgan fingerprint density at radius 2 is 1.00 bits per heavy atom. The van der Waals surface area contributed by atoms with E-state index in [1.165, 1.54) is 24.3 Å². The number of carboxylic acid groups (broad SMARTS) is 2. The molecular weight excluding hydrogens is 264 g/mol. The minimum absolute atomic E-state index is 0.0833. The third-order valence-corrected chi connectivity index (χ3v) is 1.83. The van der Waals surface area contributed by atoms with Gasteiger partial charge in [-0.05, 0) is 37.1 Å². The molecule has 0 saturated heterocycles. The van der Waals surface area contributed by atoms with Crippen molar-refractivity contribution in [2.45, 2.75) is 26.7 Å². The summed E-state index contributed by atoms with van der Waals surface area (Å²) in [7, 11) is 0. The van der Waals surface area contributed by atoms with Gasteiger partial charge in [0.25, 0.3) is 0 Å². The van der Waals surface area contributed by atoms with Gasteiger partial charge in [0.1, 0.15) is 0 Å². The van der Waals surface area contributed by atoms with Crippen LogP contribution in [0.15, 0.2) is 24.3 Å². The van der Waals surface area contributed by atoms with Crippen LogP contribution in [0.5, 0.6) is 0 Å². The predicted octanol–water partition coefficient (Wildman–Crippen LogP) is 1.86. The van der Waals surface area contributed by atoms with Gasteiger partial charge in [0.05, 0.1) is 11.1 Å². The number of rotatable bonds is 4. The first-order chi connectivity index (χ1) is 9.44. The van der Waals surface area contributed by atoms with Crippen molar-refractivity contribution in [2.24, 2.45) is 0 Å². The number of hydrogen-bond donors (Lipinski definition) is 4. The number of aromatic carboxylic acids is 2. The SMILES string of the molecule is CCCO.CCCO.O=C(O)c1ccc(C(=O)O)cc1. The highest BCUT2D eigenvalue weighted by atomic mass is 16.4. The van der Waals surface area contributed by atoms with E-state index in [0.717, 1.165) is 12.8 Å². The molecule has 1 aromatic carbocycles. The highest BCUT2D eigenvalue weighted by Crippen LogP contribution is 2.03. The molecule has 0 amide bonds. The normalized spacial score (nSPS) is 8.60. The van der Waals surface area contributed by atoms with Gasteiger partial charge in [-0.1, -0.05) is 13.8 Å². The summed E-state index contributed by atoms with van der Waals surface area (Å²) in [6.07, 6.45) is 1.75. The van der Waals surface area contributed by atoms with Crippen LogP contribution in [0.1, 0.15) is 47.4 Å². The van der Waals surface area contributed by atoms with Crippen LogP contribution in [-0.2, 0) is 0 Å². The van der Waals surface area contributed by atoms with Gasteiger partial charge in [0.2, 0.25) is 0 Å². The molecule has 0 aliphatic carbocycles. The van der Waals surface area contributed by atoms with Gasteiger partial charge in [0.15, 0.2) is 0 Å². The Labute approximate surface area is 118 Å². The quantitative estimate of drug-likeness (QED) is 0.671. The molecule has 0 unspecified atom stereocenters. The summed E-state index contributed by atoms with van der Waals surface area (Å²) in [4.78, 5) is 20.7. The molecule has 0 aliphatic heterocycles. The molecule has 20 heavy (non-hydrogen) atoms. The van der Waals surface area contributed by atoms with Crippen molar-refractivity contribution in [1.82, 2.24) is 0 Å². The van der Waals surface area contributed by atoms with Crippen molar-refractivity contribution in [3.63, 3.8) is 0 Å². The molecule has 0 aromatic heterocycles. The van der Waals surface area contributed by atoms with Gasteiger partial charge >= 0.3 is 11.9 Å². The van der Waals surface area contributed by atoms with Gasteiger partial charge in [-0.15, -0.1) is 0 Å². The van der Waals surface area contributed by atoms with Crippen LogP contribution in [0.25, 0.3) is 0 Å². The summed E-state index contributed by atoms with van der Waals surface area (Å²) >= 11 is 0. The van der Waals surface area contributed by atoms with Gasteiger partial charge in [-0.2, -0.15) is 0 Å². The molecular formula is C14H22O6. The average molecular weight is 286 g/mol. The van der Waals surface area contributed by atoms with Crippen molar-refractivity contribution < 1.29 is 30.0 Å². The van der Waals surface area contributed by atoms with Gasteiger partial charge in [0, 0.05) is 13.2 Å². The van der Waals surface area contributed by atoms with Crippen LogP contribution >= 0.6 is 0 Å². The molecule has 6 nitrogen and oxygen atoms in total. The van der Waals surface area contributed by atoms with Gasteiger partial charge in [-0.3, -0.25) is 0 Å². The van der Waals surface area contributed by atoms with Crippen molar-refractivity contribution >= 4 is 11.9 Å². The van der Waals surface area contributed by atoms with E-state index in [9.17, 15) is 9.59 Å². The lowest BCUT2D eigenvalue weighted by Crippen LogP contribution is -1.99. The van der Waals surface area contributed by atoms with Crippen molar-refractivity contribution in [3.05, 3.63) is 35.4 Å². The maximum atomic E-state index is 10.3. The molecule has 0 atom stereocenters. The van der Waals surface area contributed by atoms with E-state index in [2.05, 4.69) is 0 Å². The maximum Gasteiger partial charge on any atom is 0.335 e. The van der Waals surface area contributed by atoms with Gasteiger partial charge in [-0.25, -0.2) is 9.59 Å². The molecule has 0 fully saturated rings. The number of aliphatic hydroxyl groups excluding tert-OH is 2. The lowest BCUT2D eigenvalue weighted by Gasteiger charge is -1.94. The van der Waals surface area contributed by atoms with Crippen LogP contribution in [0.2, 0.25) is 0 Å². The number of carboxylic acids is 2. The standard InChI is InChI=1S/C8H6O4.2C3H8O/c9-7(10)5-1-2-6(4-3-5)8(11)12;2*1-2-3-4/h1-4H,(H,9,10)(H,11,12);2*4H,2-3H2,1H3. The molecule has 1 rings (SSSR count). The summed E-state index contributed by atoms with van der Waals surface area (Å²) in [6.45, 7) is 4.50. The number of hydrogen-bond acceptors (Lipinski definition) is 4. The maximum absolute atomic E-state index is 10.3. The van der Waals surface area contributed by atoms with Crippen LogP contribution in [0.3, 0.4) is 0 Å². The molecule has 6 heteroatoms. The van der Waals surface area contributed by atoms with Crippen molar-refractivity contribution in [1.29, 1.82) is 0 Å². The zero-order chi connectivity index (χ0) is 16.0. The molecule has 0 radical (unpaired) electrons. The lowest BCUT2D eigenvalue weighted by atomic mass is 10.1. The molecule has 0 spiro atoms. The van der Waals surface area contributed by atoms with E-state index in [-0.39, 0.29) is 11.1 Å². The fourth-order valence-electron chi connectivity index (χ4n) is 0.755. The summed E-state index contributed by atoms with van der Waals surface area (Å²) in [5.74, 6) is -2.13. The number of aliphatic hydroxyl groups is 2. The molecule has 0 aliphatic rings. The predicted molar refractivity (Wildman–Crippen MR) is 75.1 cm³/mol. The summed E-state index contributed by atoms with van der Waals surface area (Å²) in [5, 5.41) is 32.7. The lowest BCUT2D eigenvalue weighted by molar-refractivity contribution is 0.0681. The molecule has 0 saturated carbocycles.